The third-order valence-electron chi connectivity index (χ3n) is 4.14. The summed E-state index contributed by atoms with van der Waals surface area (Å²) < 4.78 is 13.4. The predicted molar refractivity (Wildman–Crippen MR) is 100 cm³/mol. The maximum atomic E-state index is 13.4. The van der Waals surface area contributed by atoms with Gasteiger partial charge in [0.1, 0.15) is 5.82 Å². The van der Waals surface area contributed by atoms with E-state index in [1.54, 1.807) is 11.0 Å². The lowest BCUT2D eigenvalue weighted by Crippen LogP contribution is -2.36. The van der Waals surface area contributed by atoms with Gasteiger partial charge in [-0.3, -0.25) is 9.59 Å². The fourth-order valence-corrected chi connectivity index (χ4v) is 2.76. The smallest absolute Gasteiger partial charge is 0.253 e. The van der Waals surface area contributed by atoms with Crippen molar-refractivity contribution in [3.63, 3.8) is 0 Å². The summed E-state index contributed by atoms with van der Waals surface area (Å²) in [5.41, 5.74) is 1.33. The van der Waals surface area contributed by atoms with Gasteiger partial charge in [-0.15, -0.1) is 0 Å². The molecule has 0 saturated heterocycles. The van der Waals surface area contributed by atoms with Crippen molar-refractivity contribution in [3.05, 3.63) is 71.5 Å². The molecule has 0 fully saturated rings. The van der Waals surface area contributed by atoms with Crippen LogP contribution in [0.5, 0.6) is 0 Å². The number of rotatable bonds is 8. The summed E-state index contributed by atoms with van der Waals surface area (Å²) in [6.45, 7) is 4.71. The first kappa shape index (κ1) is 19.6. The molecule has 0 heterocycles. The lowest BCUT2D eigenvalue weighted by atomic mass is 10.1. The molecule has 2 rings (SSSR count). The van der Waals surface area contributed by atoms with E-state index in [0.29, 0.717) is 18.7 Å². The Bertz CT molecular complexity index is 734. The molecule has 0 radical (unpaired) electrons. The molecule has 0 aromatic heterocycles. The van der Waals surface area contributed by atoms with Crippen LogP contribution in [0.25, 0.3) is 0 Å². The zero-order valence-electron chi connectivity index (χ0n) is 15.2. The van der Waals surface area contributed by atoms with Crippen molar-refractivity contribution in [3.8, 4) is 0 Å². The van der Waals surface area contributed by atoms with E-state index in [0.717, 1.165) is 12.0 Å². The van der Waals surface area contributed by atoms with Crippen molar-refractivity contribution in [2.45, 2.75) is 32.7 Å². The summed E-state index contributed by atoms with van der Waals surface area (Å²) in [6.07, 6.45) is 0.974. The van der Waals surface area contributed by atoms with E-state index in [1.165, 1.54) is 18.2 Å². The Hall–Kier alpha value is -2.69. The van der Waals surface area contributed by atoms with Crippen molar-refractivity contribution in [1.29, 1.82) is 0 Å². The lowest BCUT2D eigenvalue weighted by molar-refractivity contribution is -0.121. The number of halogens is 1. The number of carbonyl (C=O) groups is 2. The number of amides is 2. The zero-order valence-corrected chi connectivity index (χ0v) is 15.2. The first-order valence-corrected chi connectivity index (χ1v) is 8.90. The van der Waals surface area contributed by atoms with Crippen LogP contribution in [0.15, 0.2) is 54.6 Å². The number of hydrogen-bond donors (Lipinski definition) is 1. The van der Waals surface area contributed by atoms with E-state index < -0.39 is 5.82 Å². The van der Waals surface area contributed by atoms with Crippen molar-refractivity contribution < 1.29 is 14.0 Å². The SMILES string of the molecule is CCCN(CCC(=O)NC(C)c1ccccc1)C(=O)c1cccc(F)c1. The van der Waals surface area contributed by atoms with Gasteiger partial charge in [0.2, 0.25) is 5.91 Å². The number of hydrogen-bond acceptors (Lipinski definition) is 2. The third kappa shape index (κ3) is 5.69. The van der Waals surface area contributed by atoms with Crippen LogP contribution in [-0.4, -0.2) is 29.8 Å². The molecule has 26 heavy (non-hydrogen) atoms. The molecular weight excluding hydrogens is 331 g/mol. The van der Waals surface area contributed by atoms with Crippen LogP contribution in [-0.2, 0) is 4.79 Å². The second-order valence-electron chi connectivity index (χ2n) is 6.25. The largest absolute Gasteiger partial charge is 0.350 e. The van der Waals surface area contributed by atoms with Gasteiger partial charge in [-0.25, -0.2) is 4.39 Å². The minimum Gasteiger partial charge on any atom is -0.350 e. The molecule has 5 heteroatoms. The van der Waals surface area contributed by atoms with Gasteiger partial charge in [0.15, 0.2) is 0 Å². The molecule has 138 valence electrons. The average Bonchev–Trinajstić information content (AvgIpc) is 2.65. The average molecular weight is 356 g/mol. The van der Waals surface area contributed by atoms with Gasteiger partial charge in [-0.1, -0.05) is 43.3 Å². The zero-order chi connectivity index (χ0) is 18.9. The van der Waals surface area contributed by atoms with Gasteiger partial charge in [-0.05, 0) is 37.1 Å². The summed E-state index contributed by atoms with van der Waals surface area (Å²) in [7, 11) is 0. The molecule has 0 aliphatic rings. The normalized spacial score (nSPS) is 11.7. The number of nitrogens with one attached hydrogen (secondary N) is 1. The molecule has 2 amide bonds. The summed E-state index contributed by atoms with van der Waals surface area (Å²) in [5, 5.41) is 2.94. The predicted octanol–water partition coefficient (Wildman–Crippen LogP) is 3.95. The van der Waals surface area contributed by atoms with Gasteiger partial charge in [0.25, 0.3) is 5.91 Å². The highest BCUT2D eigenvalue weighted by Gasteiger charge is 2.17. The summed E-state index contributed by atoms with van der Waals surface area (Å²) in [4.78, 5) is 26.4. The summed E-state index contributed by atoms with van der Waals surface area (Å²) in [5.74, 6) is -0.813. The van der Waals surface area contributed by atoms with Crippen molar-refractivity contribution in [2.75, 3.05) is 13.1 Å². The van der Waals surface area contributed by atoms with E-state index in [4.69, 9.17) is 0 Å². The van der Waals surface area contributed by atoms with Crippen LogP contribution in [0.4, 0.5) is 4.39 Å². The highest BCUT2D eigenvalue weighted by atomic mass is 19.1. The second kappa shape index (κ2) is 9.70. The molecular formula is C21H25FN2O2. The van der Waals surface area contributed by atoms with Gasteiger partial charge < -0.3 is 10.2 Å². The standard InChI is InChI=1S/C21H25FN2O2/c1-3-13-24(21(26)18-10-7-11-19(22)15-18)14-12-20(25)23-16(2)17-8-5-4-6-9-17/h4-11,15-16H,3,12-14H2,1-2H3,(H,23,25). The molecule has 2 aromatic carbocycles. The van der Waals surface area contributed by atoms with Crippen molar-refractivity contribution in [2.24, 2.45) is 0 Å². The van der Waals surface area contributed by atoms with Gasteiger partial charge in [0, 0.05) is 25.1 Å². The lowest BCUT2D eigenvalue weighted by Gasteiger charge is -2.22. The Labute approximate surface area is 154 Å². The Morgan fingerprint density at radius 2 is 1.81 bits per heavy atom. The minimum atomic E-state index is -0.443. The van der Waals surface area contributed by atoms with Crippen LogP contribution >= 0.6 is 0 Å². The maximum Gasteiger partial charge on any atom is 0.253 e. The number of benzene rings is 2. The van der Waals surface area contributed by atoms with Crippen LogP contribution in [0.3, 0.4) is 0 Å². The molecule has 0 saturated carbocycles. The van der Waals surface area contributed by atoms with E-state index in [1.807, 2.05) is 44.2 Å². The molecule has 0 spiro atoms. The fourth-order valence-electron chi connectivity index (χ4n) is 2.76. The molecule has 0 bridgehead atoms. The Morgan fingerprint density at radius 3 is 2.46 bits per heavy atom. The van der Waals surface area contributed by atoms with Crippen molar-refractivity contribution in [1.82, 2.24) is 10.2 Å². The first-order chi connectivity index (χ1) is 12.5. The van der Waals surface area contributed by atoms with Gasteiger partial charge in [-0.2, -0.15) is 0 Å². The molecule has 1 N–H and O–H groups in total. The number of carbonyl (C=O) groups excluding carboxylic acids is 2. The van der Waals surface area contributed by atoms with Crippen LogP contribution in [0.2, 0.25) is 0 Å². The molecule has 0 aliphatic carbocycles. The Balaban J connectivity index is 1.93. The highest BCUT2D eigenvalue weighted by Crippen LogP contribution is 2.12. The molecule has 1 atom stereocenters. The van der Waals surface area contributed by atoms with Gasteiger partial charge >= 0.3 is 0 Å². The second-order valence-corrected chi connectivity index (χ2v) is 6.25. The first-order valence-electron chi connectivity index (χ1n) is 8.90. The van der Waals surface area contributed by atoms with Crippen LogP contribution in [0.1, 0.15) is 48.7 Å². The molecule has 1 unspecified atom stereocenters. The van der Waals surface area contributed by atoms with Crippen LogP contribution < -0.4 is 5.32 Å². The monoisotopic (exact) mass is 356 g/mol. The highest BCUT2D eigenvalue weighted by molar-refractivity contribution is 5.94. The number of nitrogens with zero attached hydrogens (tertiary/aromatic N) is 1. The summed E-state index contributed by atoms with van der Waals surface area (Å²) in [6, 6.07) is 15.2. The summed E-state index contributed by atoms with van der Waals surface area (Å²) >= 11 is 0. The minimum absolute atomic E-state index is 0.0951. The maximum absolute atomic E-state index is 13.4. The Morgan fingerprint density at radius 1 is 1.08 bits per heavy atom. The third-order valence-corrected chi connectivity index (χ3v) is 4.14. The molecule has 4 nitrogen and oxygen atoms in total. The topological polar surface area (TPSA) is 49.4 Å². The van der Waals surface area contributed by atoms with E-state index in [-0.39, 0.29) is 24.3 Å². The molecule has 2 aromatic rings. The quantitative estimate of drug-likeness (QED) is 0.779. The molecule has 0 aliphatic heterocycles. The van der Waals surface area contributed by atoms with E-state index >= 15 is 0 Å². The Kier molecular flexibility index (Phi) is 7.33. The van der Waals surface area contributed by atoms with Crippen molar-refractivity contribution >= 4 is 11.8 Å². The van der Waals surface area contributed by atoms with E-state index in [9.17, 15) is 14.0 Å². The van der Waals surface area contributed by atoms with Crippen LogP contribution in [0, 0.1) is 5.82 Å². The van der Waals surface area contributed by atoms with Gasteiger partial charge in [0.05, 0.1) is 6.04 Å². The fraction of sp³-hybridized carbons (Fsp3) is 0.333. The van der Waals surface area contributed by atoms with E-state index in [2.05, 4.69) is 5.32 Å².